The van der Waals surface area contributed by atoms with Crippen LogP contribution in [0, 0.1) is 17.2 Å². The Morgan fingerprint density at radius 3 is 2.33 bits per heavy atom. The first-order valence-electron chi connectivity index (χ1n) is 5.01. The van der Waals surface area contributed by atoms with Gasteiger partial charge in [-0.3, -0.25) is 0 Å². The lowest BCUT2D eigenvalue weighted by Crippen LogP contribution is -2.42. The second-order valence-electron chi connectivity index (χ2n) is 3.01. The molecule has 1 N–H and O–H groups in total. The molecule has 3 heteroatoms. The molecule has 0 aromatic carbocycles. The van der Waals surface area contributed by atoms with E-state index in [0.29, 0.717) is 5.57 Å². The van der Waals surface area contributed by atoms with Crippen molar-refractivity contribution in [1.82, 2.24) is 5.32 Å². The Bertz CT molecular complexity index is 306. The molecule has 0 aromatic heterocycles. The van der Waals surface area contributed by atoms with Crippen LogP contribution in [0.1, 0.15) is 13.8 Å². The fourth-order valence-electron chi connectivity index (χ4n) is 1.01. The number of hydrogen-bond donors (Lipinski definition) is 1. The summed E-state index contributed by atoms with van der Waals surface area (Å²) in [5.74, 6) is -0.263. The highest BCUT2D eigenvalue weighted by Crippen LogP contribution is 2.23. The summed E-state index contributed by atoms with van der Waals surface area (Å²) in [7, 11) is 0. The number of halogens is 1. The number of nitrogens with zero attached hydrogens (tertiary/aromatic N) is 1. The third-order valence-corrected chi connectivity index (χ3v) is 2.03. The first kappa shape index (κ1) is 13.6. The highest BCUT2D eigenvalue weighted by Gasteiger charge is 2.22. The highest BCUT2D eigenvalue weighted by molar-refractivity contribution is 5.38. The van der Waals surface area contributed by atoms with Crippen molar-refractivity contribution < 1.29 is 4.39 Å². The Balaban J connectivity index is 0.000000921. The lowest BCUT2D eigenvalue weighted by atomic mass is 9.93. The van der Waals surface area contributed by atoms with Gasteiger partial charge < -0.3 is 5.32 Å². The molecule has 0 atom stereocenters. The summed E-state index contributed by atoms with van der Waals surface area (Å²) in [5, 5.41) is 11.4. The lowest BCUT2D eigenvalue weighted by molar-refractivity contribution is 0.391. The number of rotatable bonds is 3. The smallest absolute Gasteiger partial charge is 0.127 e. The predicted molar refractivity (Wildman–Crippen MR) is 60.8 cm³/mol. The molecule has 1 aliphatic rings. The van der Waals surface area contributed by atoms with E-state index in [4.69, 9.17) is 5.26 Å². The predicted octanol–water partition coefficient (Wildman–Crippen LogP) is 2.72. The maximum atomic E-state index is 13.2. The van der Waals surface area contributed by atoms with Gasteiger partial charge in [-0.25, -0.2) is 4.39 Å². The molecule has 0 bridgehead atoms. The topological polar surface area (TPSA) is 35.8 Å². The molecule has 1 fully saturated rings. The van der Waals surface area contributed by atoms with Crippen LogP contribution in [0.15, 0.2) is 36.2 Å². The SMILES string of the molecule is C=C(C#N)/C=C(/F)C(=C)C1CNC1.CC. The van der Waals surface area contributed by atoms with Gasteiger partial charge in [0, 0.05) is 24.6 Å². The minimum absolute atomic E-state index is 0.117. The van der Waals surface area contributed by atoms with Crippen molar-refractivity contribution in [3.63, 3.8) is 0 Å². The van der Waals surface area contributed by atoms with Gasteiger partial charge in [0.1, 0.15) is 5.83 Å². The van der Waals surface area contributed by atoms with Crippen LogP contribution in [0.4, 0.5) is 4.39 Å². The van der Waals surface area contributed by atoms with E-state index in [1.54, 1.807) is 6.07 Å². The Morgan fingerprint density at radius 2 is 2.00 bits per heavy atom. The molecule has 1 heterocycles. The molecular formula is C12H17FN2. The molecular weight excluding hydrogens is 191 g/mol. The van der Waals surface area contributed by atoms with Crippen LogP contribution in [0.2, 0.25) is 0 Å². The van der Waals surface area contributed by atoms with Crippen LogP contribution < -0.4 is 5.32 Å². The van der Waals surface area contributed by atoms with Gasteiger partial charge in [0.2, 0.25) is 0 Å². The third kappa shape index (κ3) is 4.09. The Hall–Kier alpha value is -1.40. The summed E-state index contributed by atoms with van der Waals surface area (Å²) < 4.78 is 13.2. The van der Waals surface area contributed by atoms with Crippen molar-refractivity contribution >= 4 is 0 Å². The summed E-state index contributed by atoms with van der Waals surface area (Å²) in [6, 6.07) is 1.76. The zero-order valence-electron chi connectivity index (χ0n) is 9.31. The van der Waals surface area contributed by atoms with Crippen molar-refractivity contribution in [2.75, 3.05) is 13.1 Å². The van der Waals surface area contributed by atoms with Crippen LogP contribution in [-0.4, -0.2) is 13.1 Å². The fourth-order valence-corrected chi connectivity index (χ4v) is 1.01. The molecule has 1 aliphatic heterocycles. The van der Waals surface area contributed by atoms with E-state index >= 15 is 0 Å². The number of nitriles is 1. The number of nitrogens with one attached hydrogen (secondary N) is 1. The van der Waals surface area contributed by atoms with Crippen LogP contribution in [0.25, 0.3) is 0 Å². The van der Waals surface area contributed by atoms with E-state index in [9.17, 15) is 4.39 Å². The molecule has 0 unspecified atom stereocenters. The molecule has 0 aliphatic carbocycles. The summed E-state index contributed by atoms with van der Waals surface area (Å²) in [6.07, 6.45) is 1.13. The van der Waals surface area contributed by atoms with Crippen LogP contribution in [-0.2, 0) is 0 Å². The van der Waals surface area contributed by atoms with E-state index in [1.165, 1.54) is 0 Å². The van der Waals surface area contributed by atoms with E-state index in [0.717, 1.165) is 19.2 Å². The Morgan fingerprint density at radius 1 is 1.47 bits per heavy atom. The molecule has 0 aromatic rings. The maximum Gasteiger partial charge on any atom is 0.127 e. The standard InChI is InChI=1S/C10H11FN2.C2H6/c1-7(4-12)3-10(11)8(2)9-5-13-6-9;1-2/h3,9,13H,1-2,5-6H2;1-2H3/b10-3+;. The highest BCUT2D eigenvalue weighted by atomic mass is 19.1. The van der Waals surface area contributed by atoms with E-state index in [-0.39, 0.29) is 11.5 Å². The first-order chi connectivity index (χ1) is 7.15. The second kappa shape index (κ2) is 6.97. The molecule has 15 heavy (non-hydrogen) atoms. The van der Waals surface area contributed by atoms with E-state index in [1.807, 2.05) is 13.8 Å². The Labute approximate surface area is 90.8 Å². The minimum atomic E-state index is -0.432. The summed E-state index contributed by atoms with van der Waals surface area (Å²) in [6.45, 7) is 12.5. The molecule has 0 saturated carbocycles. The molecule has 1 saturated heterocycles. The maximum absolute atomic E-state index is 13.2. The van der Waals surface area contributed by atoms with Crippen molar-refractivity contribution in [2.24, 2.45) is 5.92 Å². The van der Waals surface area contributed by atoms with Gasteiger partial charge in [-0.15, -0.1) is 0 Å². The zero-order valence-corrected chi connectivity index (χ0v) is 9.31. The van der Waals surface area contributed by atoms with Gasteiger partial charge in [-0.1, -0.05) is 27.0 Å². The first-order valence-corrected chi connectivity index (χ1v) is 5.01. The summed E-state index contributed by atoms with van der Waals surface area (Å²) >= 11 is 0. The van der Waals surface area contributed by atoms with Gasteiger partial charge in [-0.2, -0.15) is 5.26 Å². The Kier molecular flexibility index (Phi) is 6.32. The monoisotopic (exact) mass is 208 g/mol. The van der Waals surface area contributed by atoms with E-state index in [2.05, 4.69) is 18.5 Å². The van der Waals surface area contributed by atoms with Crippen LogP contribution in [0.3, 0.4) is 0 Å². The molecule has 1 rings (SSSR count). The van der Waals surface area contributed by atoms with Gasteiger partial charge in [0.25, 0.3) is 0 Å². The van der Waals surface area contributed by atoms with Crippen molar-refractivity contribution in [3.8, 4) is 6.07 Å². The van der Waals surface area contributed by atoms with Gasteiger partial charge in [0.05, 0.1) is 6.07 Å². The van der Waals surface area contributed by atoms with Crippen molar-refractivity contribution in [3.05, 3.63) is 36.2 Å². The average molecular weight is 208 g/mol. The van der Waals surface area contributed by atoms with Gasteiger partial charge in [0.15, 0.2) is 0 Å². The van der Waals surface area contributed by atoms with Crippen LogP contribution >= 0.6 is 0 Å². The zero-order chi connectivity index (χ0) is 11.8. The second-order valence-corrected chi connectivity index (χ2v) is 3.01. The quantitative estimate of drug-likeness (QED) is 0.571. The van der Waals surface area contributed by atoms with E-state index < -0.39 is 5.83 Å². The number of allylic oxidation sites excluding steroid dienone is 3. The minimum Gasteiger partial charge on any atom is -0.315 e. The number of hydrogen-bond acceptors (Lipinski definition) is 2. The largest absolute Gasteiger partial charge is 0.315 e. The molecule has 0 spiro atoms. The van der Waals surface area contributed by atoms with Crippen molar-refractivity contribution in [1.29, 1.82) is 5.26 Å². The van der Waals surface area contributed by atoms with Gasteiger partial charge in [-0.05, 0) is 11.6 Å². The molecule has 82 valence electrons. The normalized spacial score (nSPS) is 15.5. The molecule has 0 radical (unpaired) electrons. The summed E-state index contributed by atoms with van der Waals surface area (Å²) in [4.78, 5) is 0. The third-order valence-electron chi connectivity index (χ3n) is 2.03. The average Bonchev–Trinajstić information content (AvgIpc) is 2.18. The van der Waals surface area contributed by atoms with Gasteiger partial charge >= 0.3 is 0 Å². The van der Waals surface area contributed by atoms with Crippen LogP contribution in [0.5, 0.6) is 0 Å². The fraction of sp³-hybridized carbons (Fsp3) is 0.417. The molecule has 2 nitrogen and oxygen atoms in total. The summed E-state index contributed by atoms with van der Waals surface area (Å²) in [5.41, 5.74) is 0.570. The van der Waals surface area contributed by atoms with Crippen molar-refractivity contribution in [2.45, 2.75) is 13.8 Å². The lowest BCUT2D eigenvalue weighted by Gasteiger charge is -2.28. The molecule has 0 amide bonds.